The van der Waals surface area contributed by atoms with Gasteiger partial charge in [-0.05, 0) is 44.0 Å². The third kappa shape index (κ3) is 1.42. The number of aromatic nitrogens is 1. The summed E-state index contributed by atoms with van der Waals surface area (Å²) in [5.74, 6) is 0.779. The van der Waals surface area contributed by atoms with Crippen LogP contribution in [-0.4, -0.2) is 35.4 Å². The van der Waals surface area contributed by atoms with Crippen LogP contribution in [0.15, 0.2) is 18.3 Å². The van der Waals surface area contributed by atoms with Crippen molar-refractivity contribution in [3.8, 4) is 0 Å². The van der Waals surface area contributed by atoms with E-state index in [1.807, 2.05) is 12.1 Å². The average Bonchev–Trinajstić information content (AvgIpc) is 2.78. The van der Waals surface area contributed by atoms with Crippen LogP contribution in [0.3, 0.4) is 0 Å². The minimum absolute atomic E-state index is 0.530. The van der Waals surface area contributed by atoms with Gasteiger partial charge in [0.25, 0.3) is 0 Å². The fourth-order valence-electron chi connectivity index (χ4n) is 3.06. The molecule has 3 saturated heterocycles. The second kappa shape index (κ2) is 3.49. The summed E-state index contributed by atoms with van der Waals surface area (Å²) in [4.78, 5) is 13.4. The Labute approximate surface area is 89.7 Å². The molecule has 3 nitrogen and oxygen atoms in total. The van der Waals surface area contributed by atoms with Gasteiger partial charge >= 0.3 is 0 Å². The minimum atomic E-state index is 0.530. The standard InChI is InChI=1S/C12H16N2O/c15-9-11-2-1-5-14(11)12-8-13-6-3-10(12)4-7-13/h1-2,5,9-10,12H,3-4,6-8H2. The van der Waals surface area contributed by atoms with E-state index in [-0.39, 0.29) is 0 Å². The van der Waals surface area contributed by atoms with E-state index in [1.54, 1.807) is 0 Å². The molecule has 4 rings (SSSR count). The Bertz CT molecular complexity index is 363. The fourth-order valence-corrected chi connectivity index (χ4v) is 3.06. The van der Waals surface area contributed by atoms with Gasteiger partial charge in [0.15, 0.2) is 6.29 Å². The van der Waals surface area contributed by atoms with E-state index < -0.39 is 0 Å². The zero-order valence-corrected chi connectivity index (χ0v) is 8.80. The fraction of sp³-hybridized carbons (Fsp3) is 0.583. The van der Waals surface area contributed by atoms with Crippen LogP contribution in [-0.2, 0) is 0 Å². The summed E-state index contributed by atoms with van der Waals surface area (Å²) in [6, 6.07) is 4.41. The smallest absolute Gasteiger partial charge is 0.166 e. The molecule has 0 N–H and O–H groups in total. The maximum atomic E-state index is 10.9. The van der Waals surface area contributed by atoms with Gasteiger partial charge in [-0.2, -0.15) is 0 Å². The third-order valence-corrected chi connectivity index (χ3v) is 3.91. The molecular weight excluding hydrogens is 188 g/mol. The summed E-state index contributed by atoms with van der Waals surface area (Å²) in [6.45, 7) is 3.62. The van der Waals surface area contributed by atoms with Crippen molar-refractivity contribution < 1.29 is 4.79 Å². The van der Waals surface area contributed by atoms with E-state index in [0.717, 1.165) is 24.4 Å². The molecule has 1 aromatic heterocycles. The summed E-state index contributed by atoms with van der Waals surface area (Å²) >= 11 is 0. The summed E-state index contributed by atoms with van der Waals surface area (Å²) in [7, 11) is 0. The Morgan fingerprint density at radius 1 is 1.33 bits per heavy atom. The lowest BCUT2D eigenvalue weighted by atomic mass is 9.84. The van der Waals surface area contributed by atoms with E-state index in [0.29, 0.717) is 6.04 Å². The molecule has 4 heterocycles. The van der Waals surface area contributed by atoms with Crippen LogP contribution in [0.4, 0.5) is 0 Å². The van der Waals surface area contributed by atoms with Gasteiger partial charge < -0.3 is 9.47 Å². The Morgan fingerprint density at radius 2 is 2.13 bits per heavy atom. The molecule has 0 spiro atoms. The summed E-state index contributed by atoms with van der Waals surface area (Å²) < 4.78 is 2.17. The number of nitrogens with zero attached hydrogens (tertiary/aromatic N) is 2. The number of hydrogen-bond donors (Lipinski definition) is 0. The van der Waals surface area contributed by atoms with Gasteiger partial charge in [0, 0.05) is 18.8 Å². The number of hydrogen-bond acceptors (Lipinski definition) is 2. The number of carbonyl (C=O) groups excluding carboxylic acids is 1. The lowest BCUT2D eigenvalue weighted by molar-refractivity contribution is 0.0560. The normalized spacial score (nSPS) is 34.3. The maximum Gasteiger partial charge on any atom is 0.166 e. The first-order valence-electron chi connectivity index (χ1n) is 5.73. The topological polar surface area (TPSA) is 25.2 Å². The maximum absolute atomic E-state index is 10.9. The largest absolute Gasteiger partial charge is 0.341 e. The molecule has 3 aliphatic heterocycles. The highest BCUT2D eigenvalue weighted by Crippen LogP contribution is 2.36. The zero-order chi connectivity index (χ0) is 10.3. The van der Waals surface area contributed by atoms with Crippen molar-refractivity contribution in [2.24, 2.45) is 5.92 Å². The first-order valence-corrected chi connectivity index (χ1v) is 5.73. The van der Waals surface area contributed by atoms with Crippen LogP contribution in [0.5, 0.6) is 0 Å². The Morgan fingerprint density at radius 3 is 2.73 bits per heavy atom. The number of piperidine rings is 3. The Balaban J connectivity index is 1.91. The van der Waals surface area contributed by atoms with Gasteiger partial charge in [-0.1, -0.05) is 0 Å². The highest BCUT2D eigenvalue weighted by atomic mass is 16.1. The molecule has 0 radical (unpaired) electrons. The second-order valence-corrected chi connectivity index (χ2v) is 4.66. The van der Waals surface area contributed by atoms with Crippen molar-refractivity contribution in [3.63, 3.8) is 0 Å². The molecule has 1 aromatic rings. The van der Waals surface area contributed by atoms with Crippen molar-refractivity contribution in [1.82, 2.24) is 9.47 Å². The lowest BCUT2D eigenvalue weighted by Gasteiger charge is -2.45. The highest BCUT2D eigenvalue weighted by Gasteiger charge is 2.35. The Kier molecular flexibility index (Phi) is 2.13. The van der Waals surface area contributed by atoms with E-state index in [9.17, 15) is 4.79 Å². The second-order valence-electron chi connectivity index (χ2n) is 4.66. The van der Waals surface area contributed by atoms with Crippen LogP contribution in [0, 0.1) is 5.92 Å². The molecule has 0 saturated carbocycles. The first-order chi connectivity index (χ1) is 7.38. The number of aldehydes is 1. The molecule has 80 valence electrons. The zero-order valence-electron chi connectivity index (χ0n) is 8.80. The Hall–Kier alpha value is -1.09. The van der Waals surface area contributed by atoms with E-state index in [1.165, 1.54) is 25.9 Å². The van der Waals surface area contributed by atoms with Crippen LogP contribution >= 0.6 is 0 Å². The number of rotatable bonds is 2. The van der Waals surface area contributed by atoms with Crippen molar-refractivity contribution in [2.45, 2.75) is 18.9 Å². The number of carbonyl (C=O) groups is 1. The monoisotopic (exact) mass is 204 g/mol. The molecule has 0 aromatic carbocycles. The van der Waals surface area contributed by atoms with E-state index >= 15 is 0 Å². The van der Waals surface area contributed by atoms with Crippen LogP contribution in [0.25, 0.3) is 0 Å². The summed E-state index contributed by atoms with van der Waals surface area (Å²) in [6.07, 6.45) is 5.61. The van der Waals surface area contributed by atoms with Gasteiger partial charge in [-0.3, -0.25) is 4.79 Å². The SMILES string of the molecule is O=Cc1cccn1C1CN2CCC1CC2. The molecule has 3 heteroatoms. The summed E-state index contributed by atoms with van der Waals surface area (Å²) in [5, 5.41) is 0. The molecule has 15 heavy (non-hydrogen) atoms. The van der Waals surface area contributed by atoms with Crippen LogP contribution in [0.1, 0.15) is 29.4 Å². The summed E-state index contributed by atoms with van der Waals surface area (Å²) in [5.41, 5.74) is 0.828. The van der Waals surface area contributed by atoms with Crippen LogP contribution in [0.2, 0.25) is 0 Å². The molecular formula is C12H16N2O. The van der Waals surface area contributed by atoms with Crippen LogP contribution < -0.4 is 0 Å². The van der Waals surface area contributed by atoms with Crippen molar-refractivity contribution in [3.05, 3.63) is 24.0 Å². The third-order valence-electron chi connectivity index (χ3n) is 3.91. The predicted molar refractivity (Wildman–Crippen MR) is 58.0 cm³/mol. The van der Waals surface area contributed by atoms with Crippen molar-refractivity contribution in [2.75, 3.05) is 19.6 Å². The molecule has 2 bridgehead atoms. The molecule has 3 aliphatic rings. The number of fused-ring (bicyclic) bond motifs is 3. The molecule has 1 unspecified atom stereocenters. The first kappa shape index (κ1) is 9.16. The predicted octanol–water partition coefficient (Wildman–Crippen LogP) is 1.57. The van der Waals surface area contributed by atoms with Crippen molar-refractivity contribution in [1.29, 1.82) is 0 Å². The molecule has 3 fully saturated rings. The highest BCUT2D eigenvalue weighted by molar-refractivity contribution is 5.72. The molecule has 0 amide bonds. The lowest BCUT2D eigenvalue weighted by Crippen LogP contribution is -2.48. The van der Waals surface area contributed by atoms with E-state index in [2.05, 4.69) is 15.7 Å². The van der Waals surface area contributed by atoms with Gasteiger partial charge in [0.1, 0.15) is 0 Å². The van der Waals surface area contributed by atoms with E-state index in [4.69, 9.17) is 0 Å². The van der Waals surface area contributed by atoms with Gasteiger partial charge in [0.05, 0.1) is 5.69 Å². The quantitative estimate of drug-likeness (QED) is 0.683. The van der Waals surface area contributed by atoms with Gasteiger partial charge in [0.2, 0.25) is 0 Å². The minimum Gasteiger partial charge on any atom is -0.341 e. The van der Waals surface area contributed by atoms with Gasteiger partial charge in [-0.25, -0.2) is 0 Å². The molecule has 0 aliphatic carbocycles. The van der Waals surface area contributed by atoms with Gasteiger partial charge in [-0.15, -0.1) is 0 Å². The molecule has 1 atom stereocenters. The van der Waals surface area contributed by atoms with Crippen molar-refractivity contribution >= 4 is 6.29 Å². The average molecular weight is 204 g/mol.